The predicted octanol–water partition coefficient (Wildman–Crippen LogP) is 0.539. The number of likely N-dealkylation sites (tertiary alicyclic amines) is 1. The highest BCUT2D eigenvalue weighted by molar-refractivity contribution is 5.81. The summed E-state index contributed by atoms with van der Waals surface area (Å²) in [5.74, 6) is 0.944. The second-order valence-electron chi connectivity index (χ2n) is 5.64. The third-order valence-corrected chi connectivity index (χ3v) is 3.99. The summed E-state index contributed by atoms with van der Waals surface area (Å²) in [5, 5.41) is 3.28. The van der Waals surface area contributed by atoms with Crippen molar-refractivity contribution in [1.82, 2.24) is 15.1 Å². The van der Waals surface area contributed by atoms with E-state index in [4.69, 9.17) is 0 Å². The molecular formula is C13H25N3O. The highest BCUT2D eigenvalue weighted by Gasteiger charge is 2.27. The maximum atomic E-state index is 12.2. The molecule has 2 saturated heterocycles. The topological polar surface area (TPSA) is 35.6 Å². The van der Waals surface area contributed by atoms with Gasteiger partial charge in [-0.25, -0.2) is 0 Å². The Balaban J connectivity index is 1.79. The number of carbonyl (C=O) groups excluding carboxylic acids is 1. The first-order valence-corrected chi connectivity index (χ1v) is 6.83. The molecule has 98 valence electrons. The molecule has 0 spiro atoms. The SMILES string of the molecule is CN1CCCC(CN(C)C(=O)C2CCCN2)C1. The standard InChI is InChI=1S/C13H25N3O/c1-15-8-4-5-11(9-15)10-16(2)13(17)12-6-3-7-14-12/h11-12,14H,3-10H2,1-2H3. The Morgan fingerprint density at radius 3 is 2.88 bits per heavy atom. The molecule has 0 aromatic heterocycles. The molecular weight excluding hydrogens is 214 g/mol. The van der Waals surface area contributed by atoms with E-state index in [0.29, 0.717) is 5.92 Å². The predicted molar refractivity (Wildman–Crippen MR) is 68.9 cm³/mol. The molecule has 4 heteroatoms. The fraction of sp³-hybridized carbons (Fsp3) is 0.923. The van der Waals surface area contributed by atoms with Crippen molar-refractivity contribution in [2.45, 2.75) is 31.7 Å². The Morgan fingerprint density at radius 2 is 2.24 bits per heavy atom. The number of carbonyl (C=O) groups is 1. The van der Waals surface area contributed by atoms with Crippen LogP contribution in [0.3, 0.4) is 0 Å². The average Bonchev–Trinajstić information content (AvgIpc) is 2.81. The normalized spacial score (nSPS) is 30.5. The molecule has 2 fully saturated rings. The quantitative estimate of drug-likeness (QED) is 0.781. The lowest BCUT2D eigenvalue weighted by Crippen LogP contribution is -2.45. The van der Waals surface area contributed by atoms with Gasteiger partial charge in [-0.05, 0) is 51.7 Å². The van der Waals surface area contributed by atoms with Gasteiger partial charge < -0.3 is 15.1 Å². The highest BCUT2D eigenvalue weighted by atomic mass is 16.2. The van der Waals surface area contributed by atoms with Gasteiger partial charge in [-0.3, -0.25) is 4.79 Å². The van der Waals surface area contributed by atoms with Crippen LogP contribution in [0.15, 0.2) is 0 Å². The van der Waals surface area contributed by atoms with Crippen LogP contribution in [0.5, 0.6) is 0 Å². The maximum absolute atomic E-state index is 12.2. The lowest BCUT2D eigenvalue weighted by molar-refractivity contribution is -0.132. The zero-order valence-electron chi connectivity index (χ0n) is 11.1. The van der Waals surface area contributed by atoms with Crippen LogP contribution in [-0.2, 0) is 4.79 Å². The molecule has 1 N–H and O–H groups in total. The monoisotopic (exact) mass is 239 g/mol. The molecule has 0 saturated carbocycles. The Labute approximate surface area is 104 Å². The second-order valence-corrected chi connectivity index (χ2v) is 5.64. The van der Waals surface area contributed by atoms with Crippen LogP contribution in [0.4, 0.5) is 0 Å². The van der Waals surface area contributed by atoms with Gasteiger partial charge in [0.05, 0.1) is 6.04 Å². The lowest BCUT2D eigenvalue weighted by atomic mass is 9.98. The Kier molecular flexibility index (Phi) is 4.40. The molecule has 2 heterocycles. The van der Waals surface area contributed by atoms with E-state index >= 15 is 0 Å². The van der Waals surface area contributed by atoms with Gasteiger partial charge in [0, 0.05) is 20.1 Å². The van der Waals surface area contributed by atoms with E-state index in [9.17, 15) is 4.79 Å². The van der Waals surface area contributed by atoms with Crippen LogP contribution in [0, 0.1) is 5.92 Å². The first-order chi connectivity index (χ1) is 8.16. The van der Waals surface area contributed by atoms with Gasteiger partial charge in [0.2, 0.25) is 5.91 Å². The van der Waals surface area contributed by atoms with E-state index in [1.54, 1.807) is 0 Å². The van der Waals surface area contributed by atoms with Crippen molar-refractivity contribution in [3.8, 4) is 0 Å². The molecule has 1 amide bonds. The van der Waals surface area contributed by atoms with E-state index in [1.165, 1.54) is 19.4 Å². The molecule has 2 aliphatic rings. The van der Waals surface area contributed by atoms with E-state index in [1.807, 2.05) is 11.9 Å². The molecule has 0 aliphatic carbocycles. The maximum Gasteiger partial charge on any atom is 0.239 e. The van der Waals surface area contributed by atoms with Crippen LogP contribution >= 0.6 is 0 Å². The Bertz CT molecular complexity index is 263. The van der Waals surface area contributed by atoms with Crippen molar-refractivity contribution in [2.24, 2.45) is 5.92 Å². The van der Waals surface area contributed by atoms with E-state index < -0.39 is 0 Å². The second kappa shape index (κ2) is 5.83. The molecule has 0 aromatic carbocycles. The van der Waals surface area contributed by atoms with Crippen LogP contribution in [0.2, 0.25) is 0 Å². The number of hydrogen-bond donors (Lipinski definition) is 1. The van der Waals surface area contributed by atoms with Gasteiger partial charge in [-0.1, -0.05) is 0 Å². The summed E-state index contributed by atoms with van der Waals surface area (Å²) in [4.78, 5) is 16.5. The van der Waals surface area contributed by atoms with Gasteiger partial charge in [0.25, 0.3) is 0 Å². The summed E-state index contributed by atoms with van der Waals surface area (Å²) in [5.41, 5.74) is 0. The van der Waals surface area contributed by atoms with Crippen LogP contribution in [0.1, 0.15) is 25.7 Å². The van der Waals surface area contributed by atoms with Crippen molar-refractivity contribution < 1.29 is 4.79 Å². The molecule has 0 radical (unpaired) electrons. The number of piperidine rings is 1. The van der Waals surface area contributed by atoms with Gasteiger partial charge in [-0.2, -0.15) is 0 Å². The van der Waals surface area contributed by atoms with Crippen LogP contribution in [-0.4, -0.2) is 62.0 Å². The fourth-order valence-corrected chi connectivity index (χ4v) is 3.06. The molecule has 4 nitrogen and oxygen atoms in total. The number of rotatable bonds is 3. The van der Waals surface area contributed by atoms with Crippen LogP contribution in [0.25, 0.3) is 0 Å². The summed E-state index contributed by atoms with van der Waals surface area (Å²) in [7, 11) is 4.13. The smallest absolute Gasteiger partial charge is 0.239 e. The molecule has 2 unspecified atom stereocenters. The first kappa shape index (κ1) is 12.8. The molecule has 2 rings (SSSR count). The van der Waals surface area contributed by atoms with Gasteiger partial charge >= 0.3 is 0 Å². The Morgan fingerprint density at radius 1 is 1.41 bits per heavy atom. The van der Waals surface area contributed by atoms with Crippen LogP contribution < -0.4 is 5.32 Å². The third kappa shape index (κ3) is 3.42. The highest BCUT2D eigenvalue weighted by Crippen LogP contribution is 2.17. The third-order valence-electron chi connectivity index (χ3n) is 3.99. The molecule has 0 bridgehead atoms. The van der Waals surface area contributed by atoms with Gasteiger partial charge in [0.15, 0.2) is 0 Å². The van der Waals surface area contributed by atoms with E-state index in [0.717, 1.165) is 32.5 Å². The molecule has 2 atom stereocenters. The van der Waals surface area contributed by atoms with E-state index in [2.05, 4.69) is 17.3 Å². The number of nitrogens with one attached hydrogen (secondary N) is 1. The Hall–Kier alpha value is -0.610. The van der Waals surface area contributed by atoms with Crippen molar-refractivity contribution in [2.75, 3.05) is 40.3 Å². The summed E-state index contributed by atoms with van der Waals surface area (Å²) in [6, 6.07) is 0.0846. The molecule has 2 aliphatic heterocycles. The fourth-order valence-electron chi connectivity index (χ4n) is 3.06. The number of nitrogens with zero attached hydrogens (tertiary/aromatic N) is 2. The van der Waals surface area contributed by atoms with Crippen molar-refractivity contribution in [3.05, 3.63) is 0 Å². The minimum Gasteiger partial charge on any atom is -0.344 e. The molecule has 17 heavy (non-hydrogen) atoms. The van der Waals surface area contributed by atoms with Crippen molar-refractivity contribution in [1.29, 1.82) is 0 Å². The largest absolute Gasteiger partial charge is 0.344 e. The summed E-state index contributed by atoms with van der Waals surface area (Å²) >= 11 is 0. The summed E-state index contributed by atoms with van der Waals surface area (Å²) in [6.07, 6.45) is 4.68. The zero-order valence-corrected chi connectivity index (χ0v) is 11.1. The summed E-state index contributed by atoms with van der Waals surface area (Å²) in [6.45, 7) is 4.26. The minimum atomic E-state index is 0.0846. The van der Waals surface area contributed by atoms with Crippen molar-refractivity contribution in [3.63, 3.8) is 0 Å². The zero-order chi connectivity index (χ0) is 12.3. The minimum absolute atomic E-state index is 0.0846. The number of likely N-dealkylation sites (N-methyl/N-ethyl adjacent to an activating group) is 1. The molecule has 0 aromatic rings. The van der Waals surface area contributed by atoms with E-state index in [-0.39, 0.29) is 11.9 Å². The number of amides is 1. The lowest BCUT2D eigenvalue weighted by Gasteiger charge is -2.33. The number of hydrogen-bond acceptors (Lipinski definition) is 3. The van der Waals surface area contributed by atoms with Gasteiger partial charge in [-0.15, -0.1) is 0 Å². The first-order valence-electron chi connectivity index (χ1n) is 6.83. The van der Waals surface area contributed by atoms with Crippen molar-refractivity contribution >= 4 is 5.91 Å². The average molecular weight is 239 g/mol. The van der Waals surface area contributed by atoms with Gasteiger partial charge in [0.1, 0.15) is 0 Å². The summed E-state index contributed by atoms with van der Waals surface area (Å²) < 4.78 is 0.